The van der Waals surface area contributed by atoms with E-state index in [0.29, 0.717) is 0 Å². The topological polar surface area (TPSA) is 16.1 Å². The number of rotatable bonds is 3. The monoisotopic (exact) mass is 348 g/mol. The Morgan fingerprint density at radius 2 is 1.64 bits per heavy atom. The summed E-state index contributed by atoms with van der Waals surface area (Å²) in [6.07, 6.45) is 8.30. The molecule has 1 saturated heterocycles. The van der Waals surface area contributed by atoms with Gasteiger partial charge < -0.3 is 4.90 Å². The van der Waals surface area contributed by atoms with Crippen LogP contribution < -0.4 is 4.90 Å². The fraction of sp³-hybridized carbons (Fsp3) is 0.318. The summed E-state index contributed by atoms with van der Waals surface area (Å²) in [7, 11) is 0. The number of hydrogen-bond donors (Lipinski definition) is 0. The zero-order valence-electron chi connectivity index (χ0n) is 15.0. The van der Waals surface area contributed by atoms with Gasteiger partial charge in [-0.1, -0.05) is 18.2 Å². The summed E-state index contributed by atoms with van der Waals surface area (Å²) >= 11 is 1.76. The molecular weight excluding hydrogens is 324 g/mol. The Hall–Kier alpha value is -2.13. The fourth-order valence-electron chi connectivity index (χ4n) is 3.38. The Kier molecular flexibility index (Phi) is 4.58. The number of anilines is 1. The van der Waals surface area contributed by atoms with Crippen molar-refractivity contribution in [3.63, 3.8) is 0 Å². The molecule has 25 heavy (non-hydrogen) atoms. The van der Waals surface area contributed by atoms with E-state index in [-0.39, 0.29) is 0 Å². The van der Waals surface area contributed by atoms with E-state index in [1.807, 2.05) is 0 Å². The molecule has 2 aromatic carbocycles. The molecule has 0 radical (unpaired) electrons. The number of aryl methyl sites for hydroxylation is 2. The van der Waals surface area contributed by atoms with Crippen LogP contribution in [0.4, 0.5) is 5.69 Å². The lowest BCUT2D eigenvalue weighted by atomic mass is 10.1. The maximum absolute atomic E-state index is 4.74. The number of benzene rings is 2. The first-order valence-corrected chi connectivity index (χ1v) is 9.91. The molecule has 1 aromatic heterocycles. The summed E-state index contributed by atoms with van der Waals surface area (Å²) in [5.41, 5.74) is 6.32. The summed E-state index contributed by atoms with van der Waals surface area (Å²) in [5.74, 6) is 0. The molecule has 1 fully saturated rings. The Bertz CT molecular complexity index is 861. The van der Waals surface area contributed by atoms with Crippen molar-refractivity contribution in [3.8, 4) is 0 Å². The molecule has 2 heterocycles. The van der Waals surface area contributed by atoms with Gasteiger partial charge in [0.2, 0.25) is 0 Å². The molecule has 0 saturated carbocycles. The SMILES string of the molecule is Cc1cc2nc(/C=C/c3ccc(N4CCCCC4)cc3)sc2cc1C. The zero-order chi connectivity index (χ0) is 17.2. The Labute approximate surface area is 153 Å². The van der Waals surface area contributed by atoms with E-state index in [1.165, 1.54) is 59.4 Å². The average molecular weight is 349 g/mol. The average Bonchev–Trinajstić information content (AvgIpc) is 3.03. The zero-order valence-corrected chi connectivity index (χ0v) is 15.8. The van der Waals surface area contributed by atoms with Gasteiger partial charge in [0.25, 0.3) is 0 Å². The number of nitrogens with zero attached hydrogens (tertiary/aromatic N) is 2. The number of thiazole rings is 1. The van der Waals surface area contributed by atoms with Crippen molar-refractivity contribution in [2.75, 3.05) is 18.0 Å². The van der Waals surface area contributed by atoms with Crippen LogP contribution in [0.3, 0.4) is 0 Å². The van der Waals surface area contributed by atoms with Crippen molar-refractivity contribution in [2.45, 2.75) is 33.1 Å². The van der Waals surface area contributed by atoms with Crippen molar-refractivity contribution >= 4 is 39.4 Å². The van der Waals surface area contributed by atoms with E-state index in [2.05, 4.69) is 67.3 Å². The first kappa shape index (κ1) is 16.3. The lowest BCUT2D eigenvalue weighted by Gasteiger charge is -2.28. The molecule has 2 nitrogen and oxygen atoms in total. The van der Waals surface area contributed by atoms with Crippen molar-refractivity contribution in [2.24, 2.45) is 0 Å². The largest absolute Gasteiger partial charge is 0.372 e. The molecule has 0 aliphatic carbocycles. The fourth-order valence-corrected chi connectivity index (χ4v) is 4.34. The van der Waals surface area contributed by atoms with Gasteiger partial charge in [-0.3, -0.25) is 0 Å². The van der Waals surface area contributed by atoms with E-state index in [4.69, 9.17) is 4.98 Å². The standard InChI is InChI=1S/C22H24N2S/c1-16-14-20-21(15-17(16)2)25-22(23-20)11-8-18-6-9-19(10-7-18)24-12-4-3-5-13-24/h6-11,14-15H,3-5,12-13H2,1-2H3/b11-8+. The Morgan fingerprint density at radius 1 is 0.920 bits per heavy atom. The second-order valence-electron chi connectivity index (χ2n) is 6.93. The number of aromatic nitrogens is 1. The molecule has 4 rings (SSSR count). The third-order valence-corrected chi connectivity index (χ3v) is 6.04. The lowest BCUT2D eigenvalue weighted by Crippen LogP contribution is -2.29. The second-order valence-corrected chi connectivity index (χ2v) is 7.99. The highest BCUT2D eigenvalue weighted by molar-refractivity contribution is 7.19. The predicted molar refractivity (Wildman–Crippen MR) is 111 cm³/mol. The first-order chi connectivity index (χ1) is 12.2. The lowest BCUT2D eigenvalue weighted by molar-refractivity contribution is 0.578. The number of piperidine rings is 1. The molecule has 0 atom stereocenters. The molecule has 0 spiro atoms. The van der Waals surface area contributed by atoms with Crippen LogP contribution in [-0.4, -0.2) is 18.1 Å². The minimum absolute atomic E-state index is 1.07. The van der Waals surface area contributed by atoms with E-state index in [9.17, 15) is 0 Å². The molecular formula is C22H24N2S. The minimum Gasteiger partial charge on any atom is -0.372 e. The third kappa shape index (κ3) is 3.62. The molecule has 128 valence electrons. The molecule has 0 bridgehead atoms. The minimum atomic E-state index is 1.07. The quantitative estimate of drug-likeness (QED) is 0.571. The normalized spacial score (nSPS) is 15.4. The van der Waals surface area contributed by atoms with E-state index in [0.717, 1.165) is 10.5 Å². The van der Waals surface area contributed by atoms with Gasteiger partial charge in [-0.25, -0.2) is 4.98 Å². The third-order valence-electron chi connectivity index (χ3n) is 5.05. The van der Waals surface area contributed by atoms with Crippen molar-refractivity contribution in [1.82, 2.24) is 4.98 Å². The Balaban J connectivity index is 1.51. The van der Waals surface area contributed by atoms with Crippen molar-refractivity contribution < 1.29 is 0 Å². The van der Waals surface area contributed by atoms with Gasteiger partial charge in [0, 0.05) is 18.8 Å². The van der Waals surface area contributed by atoms with E-state index < -0.39 is 0 Å². The highest BCUT2D eigenvalue weighted by atomic mass is 32.1. The van der Waals surface area contributed by atoms with Crippen LogP contribution in [0.15, 0.2) is 36.4 Å². The number of hydrogen-bond acceptors (Lipinski definition) is 3. The van der Waals surface area contributed by atoms with Gasteiger partial charge in [-0.05, 0) is 80.1 Å². The van der Waals surface area contributed by atoms with Gasteiger partial charge >= 0.3 is 0 Å². The summed E-state index contributed by atoms with van der Waals surface area (Å²) in [4.78, 5) is 7.24. The van der Waals surface area contributed by atoms with Crippen LogP contribution in [0.25, 0.3) is 22.4 Å². The summed E-state index contributed by atoms with van der Waals surface area (Å²) < 4.78 is 1.27. The Morgan fingerprint density at radius 3 is 2.40 bits per heavy atom. The molecule has 0 amide bonds. The summed E-state index contributed by atoms with van der Waals surface area (Å²) in [5, 5.41) is 1.07. The number of fused-ring (bicyclic) bond motifs is 1. The van der Waals surface area contributed by atoms with Crippen LogP contribution in [-0.2, 0) is 0 Å². The molecule has 3 heteroatoms. The molecule has 1 aliphatic rings. The molecule has 0 unspecified atom stereocenters. The maximum atomic E-state index is 4.74. The van der Waals surface area contributed by atoms with Crippen LogP contribution in [0.1, 0.15) is 41.0 Å². The van der Waals surface area contributed by atoms with Gasteiger partial charge in [-0.15, -0.1) is 11.3 Å². The molecule has 1 aliphatic heterocycles. The van der Waals surface area contributed by atoms with Crippen molar-refractivity contribution in [1.29, 1.82) is 0 Å². The summed E-state index contributed by atoms with van der Waals surface area (Å²) in [6, 6.07) is 13.3. The van der Waals surface area contributed by atoms with Crippen molar-refractivity contribution in [3.05, 3.63) is 58.1 Å². The second kappa shape index (κ2) is 7.01. The van der Waals surface area contributed by atoms with Gasteiger partial charge in [0.1, 0.15) is 5.01 Å². The summed E-state index contributed by atoms with van der Waals surface area (Å²) in [6.45, 7) is 6.70. The van der Waals surface area contributed by atoms with Crippen LogP contribution >= 0.6 is 11.3 Å². The first-order valence-electron chi connectivity index (χ1n) is 9.10. The van der Waals surface area contributed by atoms with Crippen LogP contribution in [0, 0.1) is 13.8 Å². The maximum Gasteiger partial charge on any atom is 0.117 e. The highest BCUT2D eigenvalue weighted by Gasteiger charge is 2.10. The van der Waals surface area contributed by atoms with Crippen LogP contribution in [0.2, 0.25) is 0 Å². The highest BCUT2D eigenvalue weighted by Crippen LogP contribution is 2.27. The molecule has 3 aromatic rings. The van der Waals surface area contributed by atoms with E-state index >= 15 is 0 Å². The van der Waals surface area contributed by atoms with Gasteiger partial charge in [-0.2, -0.15) is 0 Å². The smallest absolute Gasteiger partial charge is 0.117 e. The van der Waals surface area contributed by atoms with Gasteiger partial charge in [0.15, 0.2) is 0 Å². The van der Waals surface area contributed by atoms with E-state index in [1.54, 1.807) is 11.3 Å². The molecule has 0 N–H and O–H groups in total. The predicted octanol–water partition coefficient (Wildman–Crippen LogP) is 6.07. The van der Waals surface area contributed by atoms with Crippen LogP contribution in [0.5, 0.6) is 0 Å². The van der Waals surface area contributed by atoms with Gasteiger partial charge in [0.05, 0.1) is 10.2 Å².